The van der Waals surface area contributed by atoms with Gasteiger partial charge in [-0.2, -0.15) is 0 Å². The Labute approximate surface area is 115 Å². The van der Waals surface area contributed by atoms with Gasteiger partial charge < -0.3 is 0 Å². The molecule has 0 aliphatic heterocycles. The van der Waals surface area contributed by atoms with Crippen LogP contribution in [0, 0.1) is 5.82 Å². The van der Waals surface area contributed by atoms with Crippen LogP contribution in [-0.2, 0) is 14.8 Å². The van der Waals surface area contributed by atoms with Crippen LogP contribution in [0.3, 0.4) is 0 Å². The van der Waals surface area contributed by atoms with Crippen molar-refractivity contribution in [2.75, 3.05) is 16.6 Å². The Morgan fingerprint density at radius 3 is 2.63 bits per heavy atom. The predicted octanol–water partition coefficient (Wildman–Crippen LogP) is 0.625. The second kappa shape index (κ2) is 6.18. The van der Waals surface area contributed by atoms with Crippen LogP contribution in [0.1, 0.15) is 6.92 Å². The number of anilines is 1. The maximum absolute atomic E-state index is 13.1. The molecular weight excluding hydrogens is 297 g/mol. The van der Waals surface area contributed by atoms with Crippen molar-refractivity contribution < 1.29 is 17.6 Å². The van der Waals surface area contributed by atoms with Crippen LogP contribution in [0.25, 0.3) is 0 Å². The fraction of sp³-hybridized carbons (Fsp3) is 0.300. The highest BCUT2D eigenvalue weighted by Gasteiger charge is 2.23. The molecule has 0 aliphatic carbocycles. The molecular formula is C10H13ClFN3O3S. The summed E-state index contributed by atoms with van der Waals surface area (Å²) in [5.74, 6) is 3.33. The Morgan fingerprint density at radius 2 is 2.16 bits per heavy atom. The number of benzene rings is 1. The molecule has 1 aromatic carbocycles. The highest BCUT2D eigenvalue weighted by molar-refractivity contribution is 7.92. The van der Waals surface area contributed by atoms with Crippen molar-refractivity contribution in [2.45, 2.75) is 6.92 Å². The fourth-order valence-corrected chi connectivity index (χ4v) is 2.56. The van der Waals surface area contributed by atoms with Crippen molar-refractivity contribution in [1.29, 1.82) is 0 Å². The topological polar surface area (TPSA) is 92.5 Å². The predicted molar refractivity (Wildman–Crippen MR) is 70.5 cm³/mol. The second-order valence-corrected chi connectivity index (χ2v) is 6.16. The summed E-state index contributed by atoms with van der Waals surface area (Å²) in [6, 6.07) is 3.38. The summed E-state index contributed by atoms with van der Waals surface area (Å²) in [7, 11) is -3.71. The van der Waals surface area contributed by atoms with Gasteiger partial charge in [0.1, 0.15) is 12.4 Å². The first-order valence-electron chi connectivity index (χ1n) is 5.26. The van der Waals surface area contributed by atoms with Gasteiger partial charge in [-0.3, -0.25) is 14.5 Å². The van der Waals surface area contributed by atoms with Crippen LogP contribution in [-0.4, -0.2) is 26.6 Å². The monoisotopic (exact) mass is 309 g/mol. The summed E-state index contributed by atoms with van der Waals surface area (Å²) in [4.78, 5) is 11.3. The zero-order chi connectivity index (χ0) is 14.6. The van der Waals surface area contributed by atoms with Gasteiger partial charge in [0, 0.05) is 0 Å². The molecule has 0 spiro atoms. The summed E-state index contributed by atoms with van der Waals surface area (Å²) >= 11 is 5.60. The maximum atomic E-state index is 13.1. The van der Waals surface area contributed by atoms with Gasteiger partial charge >= 0.3 is 0 Å². The van der Waals surface area contributed by atoms with Crippen molar-refractivity contribution >= 4 is 33.2 Å². The minimum absolute atomic E-state index is 0.0943. The molecule has 0 saturated carbocycles. The third-order valence-electron chi connectivity index (χ3n) is 2.34. The zero-order valence-electron chi connectivity index (χ0n) is 10.1. The van der Waals surface area contributed by atoms with Crippen LogP contribution in [0.4, 0.5) is 10.1 Å². The largest absolute Gasteiger partial charge is 0.293 e. The van der Waals surface area contributed by atoms with E-state index in [1.807, 2.05) is 5.43 Å². The first kappa shape index (κ1) is 15.7. The summed E-state index contributed by atoms with van der Waals surface area (Å²) in [5.41, 5.74) is 1.93. The number of carbonyl (C=O) groups excluding carboxylic acids is 1. The maximum Gasteiger partial charge on any atom is 0.254 e. The number of nitrogens with one attached hydrogen (secondary N) is 1. The van der Waals surface area contributed by atoms with Crippen molar-refractivity contribution in [3.8, 4) is 0 Å². The number of nitrogens with zero attached hydrogens (tertiary/aromatic N) is 1. The molecule has 0 radical (unpaired) electrons. The lowest BCUT2D eigenvalue weighted by atomic mass is 10.3. The number of hydrogen-bond donors (Lipinski definition) is 2. The van der Waals surface area contributed by atoms with Gasteiger partial charge in [-0.15, -0.1) is 0 Å². The molecule has 0 unspecified atom stereocenters. The van der Waals surface area contributed by atoms with Crippen LogP contribution >= 0.6 is 11.6 Å². The van der Waals surface area contributed by atoms with Crippen LogP contribution in [0.5, 0.6) is 0 Å². The summed E-state index contributed by atoms with van der Waals surface area (Å²) < 4.78 is 37.7. The quantitative estimate of drug-likeness (QED) is 0.474. The standard InChI is InChI=1S/C10H13ClFN3O3S/c1-2-19(17,18)15(6-10(16)14-13)7-3-4-9(12)8(11)5-7/h3-5H,2,6,13H2,1H3,(H,14,16). The molecule has 1 rings (SSSR count). The van der Waals surface area contributed by atoms with Crippen LogP contribution in [0.2, 0.25) is 5.02 Å². The molecule has 9 heteroatoms. The number of hydrogen-bond acceptors (Lipinski definition) is 4. The molecule has 1 amide bonds. The highest BCUT2D eigenvalue weighted by Crippen LogP contribution is 2.24. The van der Waals surface area contributed by atoms with E-state index in [1.54, 1.807) is 0 Å². The summed E-state index contributed by atoms with van der Waals surface area (Å²) in [6.45, 7) is 0.919. The van der Waals surface area contributed by atoms with E-state index in [1.165, 1.54) is 13.0 Å². The Morgan fingerprint density at radius 1 is 1.53 bits per heavy atom. The van der Waals surface area contributed by atoms with Crippen molar-refractivity contribution in [2.24, 2.45) is 5.84 Å². The van der Waals surface area contributed by atoms with E-state index >= 15 is 0 Å². The molecule has 19 heavy (non-hydrogen) atoms. The van der Waals surface area contributed by atoms with E-state index < -0.39 is 28.3 Å². The highest BCUT2D eigenvalue weighted by atomic mass is 35.5. The van der Waals surface area contributed by atoms with Crippen molar-refractivity contribution in [3.05, 3.63) is 29.0 Å². The van der Waals surface area contributed by atoms with E-state index in [9.17, 15) is 17.6 Å². The molecule has 1 aromatic rings. The van der Waals surface area contributed by atoms with Crippen LogP contribution < -0.4 is 15.6 Å². The average molecular weight is 310 g/mol. The summed E-state index contributed by atoms with van der Waals surface area (Å²) in [6.07, 6.45) is 0. The molecule has 3 N–H and O–H groups in total. The molecule has 0 aromatic heterocycles. The van der Waals surface area contributed by atoms with Gasteiger partial charge in [0.05, 0.1) is 16.5 Å². The normalized spacial score (nSPS) is 11.2. The number of carbonyl (C=O) groups is 1. The Balaban J connectivity index is 3.23. The number of hydrazine groups is 1. The third-order valence-corrected chi connectivity index (χ3v) is 4.37. The number of sulfonamides is 1. The minimum atomic E-state index is -3.71. The number of rotatable bonds is 5. The Kier molecular flexibility index (Phi) is 5.10. The average Bonchev–Trinajstić information content (AvgIpc) is 2.38. The van der Waals surface area contributed by atoms with E-state index in [2.05, 4.69) is 0 Å². The molecule has 0 saturated heterocycles. The molecule has 6 nitrogen and oxygen atoms in total. The Bertz CT molecular complexity index is 579. The number of halogens is 2. The first-order valence-corrected chi connectivity index (χ1v) is 7.25. The van der Waals surface area contributed by atoms with Crippen LogP contribution in [0.15, 0.2) is 18.2 Å². The lowest BCUT2D eigenvalue weighted by Gasteiger charge is -2.23. The minimum Gasteiger partial charge on any atom is -0.293 e. The number of amides is 1. The van der Waals surface area contributed by atoms with Gasteiger partial charge in [0.2, 0.25) is 10.0 Å². The molecule has 106 valence electrons. The van der Waals surface area contributed by atoms with E-state index in [-0.39, 0.29) is 16.5 Å². The lowest BCUT2D eigenvalue weighted by Crippen LogP contribution is -2.43. The third kappa shape index (κ3) is 3.79. The molecule has 0 heterocycles. The second-order valence-electron chi connectivity index (χ2n) is 3.57. The molecule has 0 aliphatic rings. The lowest BCUT2D eigenvalue weighted by molar-refractivity contribution is -0.119. The smallest absolute Gasteiger partial charge is 0.254 e. The van der Waals surface area contributed by atoms with E-state index in [4.69, 9.17) is 17.4 Å². The fourth-order valence-electron chi connectivity index (χ4n) is 1.32. The van der Waals surface area contributed by atoms with E-state index in [0.29, 0.717) is 0 Å². The van der Waals surface area contributed by atoms with Crippen molar-refractivity contribution in [3.63, 3.8) is 0 Å². The molecule has 0 bridgehead atoms. The zero-order valence-corrected chi connectivity index (χ0v) is 11.6. The SMILES string of the molecule is CCS(=O)(=O)N(CC(=O)NN)c1ccc(F)c(Cl)c1. The van der Waals surface area contributed by atoms with Gasteiger partial charge in [-0.1, -0.05) is 11.6 Å². The summed E-state index contributed by atoms with van der Waals surface area (Å²) in [5, 5.41) is -0.234. The van der Waals surface area contributed by atoms with Gasteiger partial charge in [0.15, 0.2) is 0 Å². The first-order chi connectivity index (χ1) is 8.81. The Hall–Kier alpha value is -1.38. The molecule has 0 atom stereocenters. The number of nitrogens with two attached hydrogens (primary N) is 1. The van der Waals surface area contributed by atoms with E-state index in [0.717, 1.165) is 16.4 Å². The van der Waals surface area contributed by atoms with Crippen molar-refractivity contribution in [1.82, 2.24) is 5.43 Å². The van der Waals surface area contributed by atoms with Gasteiger partial charge in [0.25, 0.3) is 5.91 Å². The van der Waals surface area contributed by atoms with Gasteiger partial charge in [-0.25, -0.2) is 18.7 Å². The van der Waals surface area contributed by atoms with Gasteiger partial charge in [-0.05, 0) is 25.1 Å². The molecule has 0 fully saturated rings.